The fraction of sp³-hybridized carbons (Fsp3) is 0.0714. The Morgan fingerprint density at radius 2 is 1.30 bits per heavy atom. The first-order valence-electron chi connectivity index (χ1n) is 10.3. The number of para-hydroxylation sites is 1. The van der Waals surface area contributed by atoms with Crippen molar-refractivity contribution in [3.63, 3.8) is 0 Å². The maximum absolute atomic E-state index is 2.31. The van der Waals surface area contributed by atoms with E-state index in [0.29, 0.717) is 0 Å². The van der Waals surface area contributed by atoms with Crippen molar-refractivity contribution in [2.75, 3.05) is 11.9 Å². The zero-order valence-corrected chi connectivity index (χ0v) is 17.3. The quantitative estimate of drug-likeness (QED) is 0.312. The second-order valence-electron chi connectivity index (χ2n) is 7.67. The summed E-state index contributed by atoms with van der Waals surface area (Å²) in [7, 11) is 2.12. The molecular formula is C28H24N2. The predicted molar refractivity (Wildman–Crippen MR) is 128 cm³/mol. The number of hydrogen-bond donors (Lipinski definition) is 0. The molecule has 1 aromatic heterocycles. The Morgan fingerprint density at radius 3 is 2.10 bits per heavy atom. The molecule has 5 rings (SSSR count). The minimum atomic E-state index is 1.16. The fourth-order valence-corrected chi connectivity index (χ4v) is 4.13. The minimum Gasteiger partial charge on any atom is -0.345 e. The monoisotopic (exact) mass is 388 g/mol. The highest BCUT2D eigenvalue weighted by Crippen LogP contribution is 2.30. The summed E-state index contributed by atoms with van der Waals surface area (Å²) in [5.41, 5.74) is 8.47. The van der Waals surface area contributed by atoms with E-state index >= 15 is 0 Å². The van der Waals surface area contributed by atoms with Gasteiger partial charge >= 0.3 is 0 Å². The van der Waals surface area contributed by atoms with Crippen molar-refractivity contribution in [1.29, 1.82) is 0 Å². The standard InChI is InChI=1S/C28H24N2/c1-21-19-24-11-6-7-14-28(24)30(21)26-17-15-25(16-18-26)29(2)27-13-8-12-23(20-27)22-9-4-3-5-10-22/h3-20H,1-2H3. The molecule has 2 heteroatoms. The highest BCUT2D eigenvalue weighted by molar-refractivity contribution is 5.83. The molecule has 4 aromatic carbocycles. The van der Waals surface area contributed by atoms with Gasteiger partial charge in [-0.15, -0.1) is 0 Å². The lowest BCUT2D eigenvalue weighted by atomic mass is 10.0. The molecule has 0 saturated carbocycles. The van der Waals surface area contributed by atoms with Crippen molar-refractivity contribution in [1.82, 2.24) is 4.57 Å². The highest BCUT2D eigenvalue weighted by atomic mass is 15.1. The Hall–Kier alpha value is -3.78. The van der Waals surface area contributed by atoms with Crippen LogP contribution in [0, 0.1) is 6.92 Å². The van der Waals surface area contributed by atoms with Crippen molar-refractivity contribution in [2.24, 2.45) is 0 Å². The van der Waals surface area contributed by atoms with Crippen LogP contribution in [0.2, 0.25) is 0 Å². The topological polar surface area (TPSA) is 8.17 Å². The predicted octanol–water partition coefficient (Wildman–Crippen LogP) is 7.37. The Kier molecular flexibility index (Phi) is 4.61. The van der Waals surface area contributed by atoms with Crippen molar-refractivity contribution >= 4 is 22.3 Å². The van der Waals surface area contributed by atoms with Gasteiger partial charge < -0.3 is 9.47 Å². The summed E-state index contributed by atoms with van der Waals surface area (Å²) in [5, 5.41) is 1.27. The fourth-order valence-electron chi connectivity index (χ4n) is 4.13. The number of anilines is 2. The Balaban J connectivity index is 1.47. The molecule has 30 heavy (non-hydrogen) atoms. The lowest BCUT2D eigenvalue weighted by Crippen LogP contribution is -2.09. The molecule has 0 N–H and O–H groups in total. The van der Waals surface area contributed by atoms with Crippen LogP contribution in [0.15, 0.2) is 109 Å². The number of hydrogen-bond acceptors (Lipinski definition) is 1. The SMILES string of the molecule is Cc1cc2ccccc2n1-c1ccc(N(C)c2cccc(-c3ccccc3)c2)cc1. The summed E-state index contributed by atoms with van der Waals surface area (Å²) in [6.45, 7) is 2.16. The zero-order valence-electron chi connectivity index (χ0n) is 17.3. The van der Waals surface area contributed by atoms with Gasteiger partial charge in [0.15, 0.2) is 0 Å². The largest absolute Gasteiger partial charge is 0.345 e. The molecule has 0 atom stereocenters. The molecule has 0 fully saturated rings. The maximum Gasteiger partial charge on any atom is 0.0531 e. The summed E-state index contributed by atoms with van der Waals surface area (Å²) in [4.78, 5) is 2.23. The van der Waals surface area contributed by atoms with Crippen LogP contribution in [0.3, 0.4) is 0 Å². The van der Waals surface area contributed by atoms with Crippen LogP contribution >= 0.6 is 0 Å². The van der Waals surface area contributed by atoms with Gasteiger partial charge in [-0.1, -0.05) is 60.7 Å². The lowest BCUT2D eigenvalue weighted by Gasteiger charge is -2.21. The Morgan fingerprint density at radius 1 is 0.600 bits per heavy atom. The molecule has 0 aliphatic heterocycles. The molecule has 0 amide bonds. The van der Waals surface area contributed by atoms with E-state index in [0.717, 1.165) is 5.69 Å². The number of fused-ring (bicyclic) bond motifs is 1. The molecule has 0 unspecified atom stereocenters. The zero-order chi connectivity index (χ0) is 20.5. The van der Waals surface area contributed by atoms with Gasteiger partial charge in [0.05, 0.1) is 5.52 Å². The molecule has 0 radical (unpaired) electrons. The number of rotatable bonds is 4. The molecular weight excluding hydrogens is 364 g/mol. The average Bonchev–Trinajstić information content (AvgIpc) is 3.15. The van der Waals surface area contributed by atoms with Gasteiger partial charge in [-0.2, -0.15) is 0 Å². The summed E-state index contributed by atoms with van der Waals surface area (Å²) in [6, 6.07) is 38.8. The molecule has 0 aliphatic rings. The molecule has 0 saturated heterocycles. The van der Waals surface area contributed by atoms with Gasteiger partial charge in [-0.05, 0) is 66.6 Å². The normalized spacial score (nSPS) is 11.0. The molecule has 5 aromatic rings. The molecule has 0 bridgehead atoms. The average molecular weight is 389 g/mol. The summed E-state index contributed by atoms with van der Waals surface area (Å²) < 4.78 is 2.31. The van der Waals surface area contributed by atoms with E-state index in [1.165, 1.54) is 39.1 Å². The van der Waals surface area contributed by atoms with Crippen molar-refractivity contribution in [2.45, 2.75) is 6.92 Å². The van der Waals surface area contributed by atoms with E-state index in [1.54, 1.807) is 0 Å². The van der Waals surface area contributed by atoms with Crippen molar-refractivity contribution in [3.8, 4) is 16.8 Å². The Bertz CT molecular complexity index is 1300. The van der Waals surface area contributed by atoms with Crippen LogP contribution in [0.25, 0.3) is 27.7 Å². The summed E-state index contributed by atoms with van der Waals surface area (Å²) in [6.07, 6.45) is 0. The number of aromatic nitrogens is 1. The third-order valence-electron chi connectivity index (χ3n) is 5.73. The second-order valence-corrected chi connectivity index (χ2v) is 7.67. The van der Waals surface area contributed by atoms with Crippen LogP contribution in [-0.4, -0.2) is 11.6 Å². The van der Waals surface area contributed by atoms with E-state index in [1.807, 2.05) is 0 Å². The Labute approximate surface area is 177 Å². The third-order valence-corrected chi connectivity index (χ3v) is 5.73. The number of nitrogens with zero attached hydrogens (tertiary/aromatic N) is 2. The summed E-state index contributed by atoms with van der Waals surface area (Å²) in [5.74, 6) is 0. The number of aryl methyl sites for hydroxylation is 1. The van der Waals surface area contributed by atoms with Gasteiger partial charge in [0.25, 0.3) is 0 Å². The van der Waals surface area contributed by atoms with Crippen LogP contribution in [0.1, 0.15) is 5.69 Å². The van der Waals surface area contributed by atoms with Crippen LogP contribution in [0.4, 0.5) is 11.4 Å². The van der Waals surface area contributed by atoms with Gasteiger partial charge in [0, 0.05) is 35.2 Å². The van der Waals surface area contributed by atoms with Gasteiger partial charge in [0.2, 0.25) is 0 Å². The van der Waals surface area contributed by atoms with Gasteiger partial charge in [0.1, 0.15) is 0 Å². The van der Waals surface area contributed by atoms with Crippen molar-refractivity contribution < 1.29 is 0 Å². The van der Waals surface area contributed by atoms with Crippen LogP contribution in [-0.2, 0) is 0 Å². The van der Waals surface area contributed by atoms with E-state index < -0.39 is 0 Å². The van der Waals surface area contributed by atoms with E-state index in [-0.39, 0.29) is 0 Å². The number of benzene rings is 4. The van der Waals surface area contributed by atoms with Crippen LogP contribution in [0.5, 0.6) is 0 Å². The highest BCUT2D eigenvalue weighted by Gasteiger charge is 2.09. The van der Waals surface area contributed by atoms with Crippen molar-refractivity contribution in [3.05, 3.63) is 115 Å². The van der Waals surface area contributed by atoms with E-state index in [9.17, 15) is 0 Å². The first kappa shape index (κ1) is 18.3. The van der Waals surface area contributed by atoms with E-state index in [4.69, 9.17) is 0 Å². The lowest BCUT2D eigenvalue weighted by molar-refractivity contribution is 1.05. The minimum absolute atomic E-state index is 1.16. The maximum atomic E-state index is 2.31. The van der Waals surface area contributed by atoms with Gasteiger partial charge in [-0.3, -0.25) is 0 Å². The molecule has 1 heterocycles. The summed E-state index contributed by atoms with van der Waals surface area (Å²) >= 11 is 0. The van der Waals surface area contributed by atoms with Crippen LogP contribution < -0.4 is 4.90 Å². The first-order chi connectivity index (χ1) is 14.7. The molecule has 0 spiro atoms. The second kappa shape index (κ2) is 7.57. The third kappa shape index (κ3) is 3.27. The molecule has 2 nitrogen and oxygen atoms in total. The first-order valence-corrected chi connectivity index (χ1v) is 10.3. The molecule has 146 valence electrons. The smallest absolute Gasteiger partial charge is 0.0531 e. The van der Waals surface area contributed by atoms with Gasteiger partial charge in [-0.25, -0.2) is 0 Å². The molecule has 0 aliphatic carbocycles. The van der Waals surface area contributed by atoms with E-state index in [2.05, 4.69) is 133 Å².